The molecule has 0 aliphatic rings. The number of nitrogens with two attached hydrogens (primary N) is 1. The summed E-state index contributed by atoms with van der Waals surface area (Å²) < 4.78 is 21.9. The molecule has 0 saturated carbocycles. The summed E-state index contributed by atoms with van der Waals surface area (Å²) in [6, 6.07) is -1.19. The Balaban J connectivity index is 4.21. The first-order chi connectivity index (χ1) is 8.15. The minimum atomic E-state index is -3.12. The third-order valence-corrected chi connectivity index (χ3v) is 3.44. The summed E-state index contributed by atoms with van der Waals surface area (Å²) in [5.41, 5.74) is 5.60. The summed E-state index contributed by atoms with van der Waals surface area (Å²) in [6.07, 6.45) is 1.85. The predicted octanol–water partition coefficient (Wildman–Crippen LogP) is -0.728. The van der Waals surface area contributed by atoms with Crippen LogP contribution in [0.1, 0.15) is 26.7 Å². The smallest absolute Gasteiger partial charge is 0.237 e. The Morgan fingerprint density at radius 2 is 1.94 bits per heavy atom. The van der Waals surface area contributed by atoms with Crippen molar-refractivity contribution in [1.29, 1.82) is 0 Å². The summed E-state index contributed by atoms with van der Waals surface area (Å²) in [7, 11) is -3.12. The highest BCUT2D eigenvalue weighted by molar-refractivity contribution is 7.90. The minimum Gasteiger partial charge on any atom is -0.394 e. The second-order valence-electron chi connectivity index (χ2n) is 5.04. The molecule has 108 valence electrons. The van der Waals surface area contributed by atoms with Crippen LogP contribution in [0.25, 0.3) is 0 Å². The molecule has 0 radical (unpaired) electrons. The quantitative estimate of drug-likeness (QED) is 0.543. The molecule has 0 aromatic carbocycles. The number of rotatable bonds is 8. The summed E-state index contributed by atoms with van der Waals surface area (Å²) in [4.78, 5) is 11.7. The molecule has 7 heteroatoms. The first-order valence-corrected chi connectivity index (χ1v) is 8.06. The average molecular weight is 280 g/mol. The molecule has 0 spiro atoms. The van der Waals surface area contributed by atoms with Gasteiger partial charge in [-0.2, -0.15) is 0 Å². The Hall–Kier alpha value is -0.660. The van der Waals surface area contributed by atoms with Crippen molar-refractivity contribution >= 4 is 15.7 Å². The molecule has 0 saturated heterocycles. The van der Waals surface area contributed by atoms with Crippen LogP contribution in [0.2, 0.25) is 0 Å². The molecule has 0 heterocycles. The van der Waals surface area contributed by atoms with Crippen molar-refractivity contribution in [3.63, 3.8) is 0 Å². The van der Waals surface area contributed by atoms with Gasteiger partial charge in [0.25, 0.3) is 0 Å². The van der Waals surface area contributed by atoms with E-state index in [9.17, 15) is 13.2 Å². The number of amides is 1. The fourth-order valence-corrected chi connectivity index (χ4v) is 2.21. The molecule has 2 atom stereocenters. The molecular weight excluding hydrogens is 256 g/mol. The number of aliphatic hydroxyl groups is 1. The molecule has 18 heavy (non-hydrogen) atoms. The van der Waals surface area contributed by atoms with Gasteiger partial charge in [0.15, 0.2) is 0 Å². The number of carbonyl (C=O) groups excluding carboxylic acids is 1. The number of hydrogen-bond donors (Lipinski definition) is 3. The van der Waals surface area contributed by atoms with E-state index in [1.807, 2.05) is 13.8 Å². The zero-order chi connectivity index (χ0) is 14.3. The van der Waals surface area contributed by atoms with Crippen LogP contribution >= 0.6 is 0 Å². The van der Waals surface area contributed by atoms with Crippen LogP contribution in [-0.4, -0.2) is 50.1 Å². The van der Waals surface area contributed by atoms with E-state index in [-0.39, 0.29) is 24.8 Å². The van der Waals surface area contributed by atoms with Crippen molar-refractivity contribution in [2.24, 2.45) is 11.7 Å². The monoisotopic (exact) mass is 280 g/mol. The lowest BCUT2D eigenvalue weighted by Gasteiger charge is -2.20. The molecule has 0 bridgehead atoms. The third kappa shape index (κ3) is 8.43. The Kier molecular flexibility index (Phi) is 7.42. The number of carbonyl (C=O) groups is 1. The normalized spacial score (nSPS) is 15.4. The lowest BCUT2D eigenvalue weighted by atomic mass is 10.0. The van der Waals surface area contributed by atoms with Crippen molar-refractivity contribution in [1.82, 2.24) is 5.32 Å². The maximum atomic E-state index is 11.7. The highest BCUT2D eigenvalue weighted by Crippen LogP contribution is 2.04. The largest absolute Gasteiger partial charge is 0.394 e. The molecule has 0 aromatic heterocycles. The summed E-state index contributed by atoms with van der Waals surface area (Å²) in [6.45, 7) is 3.82. The standard InChI is InChI=1S/C11H24N2O4S/c1-8(2)6-9(7-14)13-11(15)10(12)4-5-18(3,16)17/h8-10,14H,4-7,12H2,1-3H3,(H,13,15). The topological polar surface area (TPSA) is 109 Å². The van der Waals surface area contributed by atoms with Gasteiger partial charge in [-0.05, 0) is 18.8 Å². The zero-order valence-electron chi connectivity index (χ0n) is 11.2. The molecule has 0 fully saturated rings. The predicted molar refractivity (Wildman–Crippen MR) is 70.8 cm³/mol. The molecule has 0 rings (SSSR count). The van der Waals surface area contributed by atoms with Crippen molar-refractivity contribution in [2.45, 2.75) is 38.8 Å². The van der Waals surface area contributed by atoms with E-state index in [1.54, 1.807) is 0 Å². The zero-order valence-corrected chi connectivity index (χ0v) is 12.0. The maximum Gasteiger partial charge on any atom is 0.237 e. The van der Waals surface area contributed by atoms with E-state index in [0.29, 0.717) is 12.3 Å². The fourth-order valence-electron chi connectivity index (χ4n) is 1.53. The van der Waals surface area contributed by atoms with Crippen LogP contribution in [-0.2, 0) is 14.6 Å². The van der Waals surface area contributed by atoms with Gasteiger partial charge in [-0.25, -0.2) is 8.42 Å². The Bertz CT molecular complexity index is 354. The maximum absolute atomic E-state index is 11.7. The fraction of sp³-hybridized carbons (Fsp3) is 0.909. The molecule has 2 unspecified atom stereocenters. The van der Waals surface area contributed by atoms with Crippen LogP contribution in [0.5, 0.6) is 0 Å². The molecular formula is C11H24N2O4S. The van der Waals surface area contributed by atoms with Crippen LogP contribution in [0.4, 0.5) is 0 Å². The third-order valence-electron chi connectivity index (χ3n) is 2.46. The molecule has 4 N–H and O–H groups in total. The van der Waals surface area contributed by atoms with E-state index in [0.717, 1.165) is 6.26 Å². The van der Waals surface area contributed by atoms with E-state index in [1.165, 1.54) is 0 Å². The molecule has 6 nitrogen and oxygen atoms in total. The first kappa shape index (κ1) is 17.3. The van der Waals surface area contributed by atoms with Gasteiger partial charge in [-0.3, -0.25) is 4.79 Å². The highest BCUT2D eigenvalue weighted by Gasteiger charge is 2.19. The van der Waals surface area contributed by atoms with Gasteiger partial charge in [-0.15, -0.1) is 0 Å². The Morgan fingerprint density at radius 3 is 2.33 bits per heavy atom. The lowest BCUT2D eigenvalue weighted by Crippen LogP contribution is -2.47. The second-order valence-corrected chi connectivity index (χ2v) is 7.30. The molecule has 1 amide bonds. The molecule has 0 aromatic rings. The highest BCUT2D eigenvalue weighted by atomic mass is 32.2. The molecule has 0 aliphatic carbocycles. The lowest BCUT2D eigenvalue weighted by molar-refractivity contribution is -0.123. The van der Waals surface area contributed by atoms with Crippen molar-refractivity contribution < 1.29 is 18.3 Å². The van der Waals surface area contributed by atoms with Crippen molar-refractivity contribution in [2.75, 3.05) is 18.6 Å². The van der Waals surface area contributed by atoms with Gasteiger partial charge < -0.3 is 16.2 Å². The van der Waals surface area contributed by atoms with Gasteiger partial charge >= 0.3 is 0 Å². The Morgan fingerprint density at radius 1 is 1.39 bits per heavy atom. The summed E-state index contributed by atoms with van der Waals surface area (Å²) >= 11 is 0. The van der Waals surface area contributed by atoms with Crippen molar-refractivity contribution in [3.8, 4) is 0 Å². The van der Waals surface area contributed by atoms with Crippen LogP contribution in [0.3, 0.4) is 0 Å². The van der Waals surface area contributed by atoms with E-state index in [4.69, 9.17) is 10.8 Å². The Labute approximate surface area is 109 Å². The van der Waals surface area contributed by atoms with Gasteiger partial charge in [0.1, 0.15) is 9.84 Å². The van der Waals surface area contributed by atoms with Gasteiger partial charge in [-0.1, -0.05) is 13.8 Å². The number of hydrogen-bond acceptors (Lipinski definition) is 5. The summed E-state index contributed by atoms with van der Waals surface area (Å²) in [5, 5.41) is 11.7. The van der Waals surface area contributed by atoms with E-state index in [2.05, 4.69) is 5.32 Å². The number of nitrogens with one attached hydrogen (secondary N) is 1. The minimum absolute atomic E-state index is 0.0878. The van der Waals surface area contributed by atoms with Gasteiger partial charge in [0.05, 0.1) is 24.4 Å². The average Bonchev–Trinajstić information content (AvgIpc) is 2.22. The van der Waals surface area contributed by atoms with Crippen LogP contribution in [0, 0.1) is 5.92 Å². The second kappa shape index (κ2) is 7.70. The van der Waals surface area contributed by atoms with E-state index >= 15 is 0 Å². The SMILES string of the molecule is CC(C)CC(CO)NC(=O)C(N)CCS(C)(=O)=O. The molecule has 0 aliphatic heterocycles. The van der Waals surface area contributed by atoms with Crippen LogP contribution in [0.15, 0.2) is 0 Å². The van der Waals surface area contributed by atoms with E-state index < -0.39 is 21.8 Å². The number of aliphatic hydroxyl groups excluding tert-OH is 1. The first-order valence-electron chi connectivity index (χ1n) is 6.00. The number of sulfone groups is 1. The summed E-state index contributed by atoms with van der Waals surface area (Å²) in [5.74, 6) is -0.191. The van der Waals surface area contributed by atoms with Gasteiger partial charge in [0, 0.05) is 6.26 Å². The van der Waals surface area contributed by atoms with Crippen LogP contribution < -0.4 is 11.1 Å². The van der Waals surface area contributed by atoms with Gasteiger partial charge in [0.2, 0.25) is 5.91 Å². The van der Waals surface area contributed by atoms with Crippen molar-refractivity contribution in [3.05, 3.63) is 0 Å².